The number of carbonyl (C=O) groups is 1. The lowest BCUT2D eigenvalue weighted by atomic mass is 9.86. The number of thiazole rings is 1. The minimum Gasteiger partial charge on any atom is -0.488 e. The van der Waals surface area contributed by atoms with E-state index < -0.39 is 59.5 Å². The van der Waals surface area contributed by atoms with Crippen LogP contribution < -0.4 is 21.5 Å². The van der Waals surface area contributed by atoms with Gasteiger partial charge in [0, 0.05) is 16.7 Å². The number of alkyl halides is 3. The maximum atomic E-state index is 14.5. The summed E-state index contributed by atoms with van der Waals surface area (Å²) in [7, 11) is 0. The highest BCUT2D eigenvalue weighted by molar-refractivity contribution is 7.22. The number of hydrogen-bond donors (Lipinski definition) is 4. The number of pyridine rings is 1. The number of hydrogen-bond acceptors (Lipinski definition) is 8. The molecule has 1 fully saturated rings. The molecule has 1 aliphatic heterocycles. The highest BCUT2D eigenvalue weighted by Crippen LogP contribution is 2.52. The second kappa shape index (κ2) is 9.33. The molecule has 2 unspecified atom stereocenters. The Balaban J connectivity index is 1.40. The van der Waals surface area contributed by atoms with Crippen LogP contribution >= 0.6 is 11.3 Å². The summed E-state index contributed by atoms with van der Waals surface area (Å²) in [6.07, 6.45) is -3.88. The van der Waals surface area contributed by atoms with Gasteiger partial charge in [-0.3, -0.25) is 4.79 Å². The number of rotatable bonds is 6. The van der Waals surface area contributed by atoms with Crippen LogP contribution in [0.1, 0.15) is 34.5 Å². The summed E-state index contributed by atoms with van der Waals surface area (Å²) < 4.78 is 76.4. The van der Waals surface area contributed by atoms with E-state index in [2.05, 4.69) is 15.3 Å². The third kappa shape index (κ3) is 4.55. The fraction of sp³-hybridized carbons (Fsp3) is 0.296. The molecule has 0 spiro atoms. The monoisotopic (exact) mass is 591 g/mol. The van der Waals surface area contributed by atoms with Crippen LogP contribution in [0.25, 0.3) is 21.5 Å². The normalized spacial score (nSPS) is 20.0. The molecule has 2 aromatic carbocycles. The Morgan fingerprint density at radius 2 is 1.85 bits per heavy atom. The fourth-order valence-corrected chi connectivity index (χ4v) is 5.78. The number of anilines is 1. The molecule has 2 aromatic heterocycles. The van der Waals surface area contributed by atoms with Gasteiger partial charge in [-0.25, -0.2) is 18.7 Å². The average Bonchev–Trinajstić information content (AvgIpc) is 3.63. The molecule has 8 nitrogen and oxygen atoms in total. The molecule has 6 N–H and O–H groups in total. The molecule has 4 aromatic rings. The Morgan fingerprint density at radius 3 is 2.51 bits per heavy atom. The van der Waals surface area contributed by atoms with Crippen LogP contribution in [0.2, 0.25) is 0 Å². The molecule has 0 saturated heterocycles. The van der Waals surface area contributed by atoms with Crippen molar-refractivity contribution in [1.29, 1.82) is 0 Å². The van der Waals surface area contributed by atoms with E-state index in [1.54, 1.807) is 0 Å². The lowest BCUT2D eigenvalue weighted by Gasteiger charge is -2.31. The number of fused-ring (bicyclic) bond motifs is 2. The molecule has 3 heterocycles. The highest BCUT2D eigenvalue weighted by Gasteiger charge is 2.59. The maximum Gasteiger partial charge on any atom is 0.414 e. The lowest BCUT2D eigenvalue weighted by molar-refractivity contribution is -0.191. The molecule has 0 radical (unpaired) electrons. The molecule has 1 saturated carbocycles. The van der Waals surface area contributed by atoms with Gasteiger partial charge in [-0.1, -0.05) is 11.3 Å². The van der Waals surface area contributed by atoms with Crippen molar-refractivity contribution in [2.24, 2.45) is 11.7 Å². The van der Waals surface area contributed by atoms with Crippen molar-refractivity contribution < 1.29 is 36.6 Å². The fourth-order valence-electron chi connectivity index (χ4n) is 4.99. The first kappa shape index (κ1) is 27.3. The largest absolute Gasteiger partial charge is 0.488 e. The van der Waals surface area contributed by atoms with Crippen molar-refractivity contribution >= 4 is 32.6 Å². The Hall–Kier alpha value is -3.88. The zero-order valence-electron chi connectivity index (χ0n) is 21.1. The molecule has 1 aliphatic carbocycles. The summed E-state index contributed by atoms with van der Waals surface area (Å²) >= 11 is 0.995. The number of amides is 1. The number of benzene rings is 2. The molecular weight excluding hydrogens is 569 g/mol. The van der Waals surface area contributed by atoms with Crippen molar-refractivity contribution in [2.45, 2.75) is 30.2 Å². The van der Waals surface area contributed by atoms with Crippen molar-refractivity contribution in [3.05, 3.63) is 70.9 Å². The third-order valence-electron chi connectivity index (χ3n) is 7.46. The topological polar surface area (TPSA) is 136 Å². The van der Waals surface area contributed by atoms with E-state index in [1.165, 1.54) is 18.2 Å². The van der Waals surface area contributed by atoms with Gasteiger partial charge in [0.2, 0.25) is 0 Å². The van der Waals surface area contributed by atoms with Crippen LogP contribution in [0, 0.1) is 17.6 Å². The summed E-state index contributed by atoms with van der Waals surface area (Å²) in [5, 5.41) is 14.6. The van der Waals surface area contributed by atoms with Gasteiger partial charge in [-0.05, 0) is 61.2 Å². The summed E-state index contributed by atoms with van der Waals surface area (Å²) in [6.45, 7) is -1.36. The number of aliphatic hydroxyl groups is 1. The number of nitrogens with one attached hydrogen (secondary N) is 1. The van der Waals surface area contributed by atoms with Crippen LogP contribution in [0.4, 0.5) is 27.1 Å². The van der Waals surface area contributed by atoms with Crippen molar-refractivity contribution in [3.63, 3.8) is 0 Å². The van der Waals surface area contributed by atoms with Crippen LogP contribution in [-0.2, 0) is 11.1 Å². The van der Waals surface area contributed by atoms with Gasteiger partial charge in [0.25, 0.3) is 5.91 Å². The Kier molecular flexibility index (Phi) is 6.21. The van der Waals surface area contributed by atoms with Gasteiger partial charge in [0.15, 0.2) is 22.2 Å². The third-order valence-corrected chi connectivity index (χ3v) is 8.29. The number of nitrogen functional groups attached to an aromatic ring is 1. The number of nitrogens with zero attached hydrogens (tertiary/aromatic N) is 2. The van der Waals surface area contributed by atoms with E-state index in [9.17, 15) is 31.9 Å². The van der Waals surface area contributed by atoms with E-state index in [0.29, 0.717) is 17.5 Å². The van der Waals surface area contributed by atoms with Gasteiger partial charge in [0.05, 0.1) is 16.9 Å². The molecule has 14 heteroatoms. The zero-order chi connectivity index (χ0) is 29.3. The molecule has 2 aliphatic rings. The van der Waals surface area contributed by atoms with Crippen LogP contribution in [0.5, 0.6) is 5.75 Å². The second-order valence-electron chi connectivity index (χ2n) is 10.2. The number of carbonyl (C=O) groups excluding carboxylic acids is 1. The van der Waals surface area contributed by atoms with E-state index in [1.807, 2.05) is 0 Å². The predicted octanol–water partition coefficient (Wildman–Crippen LogP) is 4.36. The van der Waals surface area contributed by atoms with Crippen LogP contribution in [0.3, 0.4) is 0 Å². The molecule has 6 rings (SSSR count). The van der Waals surface area contributed by atoms with E-state index >= 15 is 0 Å². The maximum absolute atomic E-state index is 14.5. The first-order chi connectivity index (χ1) is 19.3. The zero-order valence-corrected chi connectivity index (χ0v) is 21.9. The van der Waals surface area contributed by atoms with Crippen LogP contribution in [-0.4, -0.2) is 40.3 Å². The summed E-state index contributed by atoms with van der Waals surface area (Å²) in [4.78, 5) is 21.4. The molecular formula is C27H22F5N5O3S. The molecule has 0 bridgehead atoms. The number of nitrogens with two attached hydrogens (primary N) is 2. The summed E-state index contributed by atoms with van der Waals surface area (Å²) in [5.41, 5.74) is 6.22. The summed E-state index contributed by atoms with van der Waals surface area (Å²) in [5.74, 6) is -2.73. The molecule has 1 amide bonds. The smallest absolute Gasteiger partial charge is 0.414 e. The summed E-state index contributed by atoms with van der Waals surface area (Å²) in [6, 6.07) is 8.32. The first-order valence-electron chi connectivity index (χ1n) is 12.5. The standard InChI is InChI=1S/C27H22F5N5O3S/c28-15-5-1-12(2-6-15)20-22-16(26(34,11-40-22)27(30,31)32)9-19(36-20)25(39,14-3-4-14)10-35-23(38)13-7-17(29)21-18(8-13)41-24(33)37-21/h1-2,5-9,14,39H,3-4,10-11,34H2,(H2,33,37)(H,35,38). The number of ether oxygens (including phenoxy) is 1. The average molecular weight is 592 g/mol. The second-order valence-corrected chi connectivity index (χ2v) is 11.3. The molecule has 2 atom stereocenters. The van der Waals surface area contributed by atoms with E-state index in [-0.39, 0.29) is 38.9 Å². The van der Waals surface area contributed by atoms with Crippen LogP contribution in [0.15, 0.2) is 42.5 Å². The van der Waals surface area contributed by atoms with Crippen molar-refractivity contribution in [1.82, 2.24) is 15.3 Å². The Labute approximate surface area is 233 Å². The first-order valence-corrected chi connectivity index (χ1v) is 13.3. The minimum absolute atomic E-state index is 0.0198. The predicted molar refractivity (Wildman–Crippen MR) is 140 cm³/mol. The van der Waals surface area contributed by atoms with E-state index in [0.717, 1.165) is 35.6 Å². The SMILES string of the molecule is Nc1nc2c(F)cc(C(=O)NCC(O)(c3cc4c(c(-c5ccc(F)cc5)n3)OCC4(N)C(F)(F)F)C3CC3)cc2s1. The molecule has 41 heavy (non-hydrogen) atoms. The Bertz CT molecular complexity index is 1690. The van der Waals surface area contributed by atoms with Crippen molar-refractivity contribution in [3.8, 4) is 17.0 Å². The van der Waals surface area contributed by atoms with Gasteiger partial charge in [0.1, 0.15) is 29.2 Å². The highest BCUT2D eigenvalue weighted by atomic mass is 32.1. The van der Waals surface area contributed by atoms with Crippen molar-refractivity contribution in [2.75, 3.05) is 18.9 Å². The lowest BCUT2D eigenvalue weighted by Crippen LogP contribution is -2.52. The molecule has 214 valence electrons. The van der Waals surface area contributed by atoms with E-state index in [4.69, 9.17) is 16.2 Å². The van der Waals surface area contributed by atoms with Gasteiger partial charge in [-0.15, -0.1) is 0 Å². The Morgan fingerprint density at radius 1 is 1.15 bits per heavy atom. The minimum atomic E-state index is -4.91. The van der Waals surface area contributed by atoms with Gasteiger partial charge >= 0.3 is 6.18 Å². The van der Waals surface area contributed by atoms with Gasteiger partial charge in [-0.2, -0.15) is 13.2 Å². The number of aromatic nitrogens is 2. The quantitative estimate of drug-likeness (QED) is 0.245. The number of halogens is 5. The van der Waals surface area contributed by atoms with Gasteiger partial charge < -0.3 is 26.6 Å².